The number of halogens is 1. The Morgan fingerprint density at radius 3 is 2.71 bits per heavy atom. The third-order valence-corrected chi connectivity index (χ3v) is 4.08. The van der Waals surface area contributed by atoms with E-state index >= 15 is 0 Å². The zero-order valence-electron chi connectivity index (χ0n) is 12.9. The van der Waals surface area contributed by atoms with Crippen molar-refractivity contribution in [3.63, 3.8) is 0 Å². The fraction of sp³-hybridized carbons (Fsp3) is 0.286. The van der Waals surface area contributed by atoms with Crippen LogP contribution < -0.4 is 16.6 Å². The summed E-state index contributed by atoms with van der Waals surface area (Å²) in [4.78, 5) is 40.2. The van der Waals surface area contributed by atoms with Crippen LogP contribution in [0, 0.1) is 0 Å². The largest absolute Gasteiger partial charge is 0.444 e. The van der Waals surface area contributed by atoms with Gasteiger partial charge in [-0.3, -0.25) is 18.7 Å². The zero-order valence-corrected chi connectivity index (χ0v) is 14.5. The summed E-state index contributed by atoms with van der Waals surface area (Å²) in [5.74, 6) is -0.166. The Labute approximate surface area is 143 Å². The molecule has 3 rings (SSSR count). The molecule has 0 atom stereocenters. The molecule has 9 nitrogen and oxygen atoms in total. The standard InChI is InChI=1S/C14H14BrN5O4/c1-18-11-10(13(22)19(2)14(18)23)20(7-17-11)6-5-16-12(21)8-3-4-9(15)24-8/h3-4,7H,5-6H2,1-2H3,(H,16,21). The highest BCUT2D eigenvalue weighted by atomic mass is 79.9. The normalized spacial score (nSPS) is 11.1. The van der Waals surface area contributed by atoms with Gasteiger partial charge in [0, 0.05) is 27.2 Å². The third-order valence-electron chi connectivity index (χ3n) is 3.65. The van der Waals surface area contributed by atoms with Crippen molar-refractivity contribution in [1.29, 1.82) is 0 Å². The minimum Gasteiger partial charge on any atom is -0.444 e. The van der Waals surface area contributed by atoms with Gasteiger partial charge in [0.25, 0.3) is 11.5 Å². The van der Waals surface area contributed by atoms with Gasteiger partial charge in [0.2, 0.25) is 0 Å². The van der Waals surface area contributed by atoms with Gasteiger partial charge in [0.05, 0.1) is 6.33 Å². The third kappa shape index (κ3) is 2.68. The number of aryl methyl sites for hydroxylation is 1. The number of nitrogens with one attached hydrogen (secondary N) is 1. The second kappa shape index (κ2) is 6.11. The number of aromatic nitrogens is 4. The topological polar surface area (TPSA) is 104 Å². The molecule has 0 aliphatic heterocycles. The van der Waals surface area contributed by atoms with Gasteiger partial charge in [0.1, 0.15) is 0 Å². The number of fused-ring (bicyclic) bond motifs is 1. The molecule has 0 fully saturated rings. The molecule has 3 heterocycles. The Bertz CT molecular complexity index is 1040. The second-order valence-electron chi connectivity index (χ2n) is 5.18. The first-order chi connectivity index (χ1) is 11.4. The molecule has 3 aromatic heterocycles. The maximum atomic E-state index is 12.3. The Morgan fingerprint density at radius 2 is 2.04 bits per heavy atom. The maximum absolute atomic E-state index is 12.3. The predicted octanol–water partition coefficient (Wildman–Crippen LogP) is 0.219. The molecular weight excluding hydrogens is 382 g/mol. The van der Waals surface area contributed by atoms with Crippen LogP contribution in [-0.2, 0) is 20.6 Å². The summed E-state index contributed by atoms with van der Waals surface area (Å²) in [5.41, 5.74) is -0.236. The summed E-state index contributed by atoms with van der Waals surface area (Å²) in [7, 11) is 2.97. The van der Waals surface area contributed by atoms with Crippen LogP contribution in [0.1, 0.15) is 10.6 Å². The van der Waals surface area contributed by atoms with Gasteiger partial charge in [-0.15, -0.1) is 0 Å². The Balaban J connectivity index is 1.80. The molecule has 0 aliphatic carbocycles. The summed E-state index contributed by atoms with van der Waals surface area (Å²) in [6.07, 6.45) is 1.47. The summed E-state index contributed by atoms with van der Waals surface area (Å²) in [6, 6.07) is 3.18. The van der Waals surface area contributed by atoms with Crippen molar-refractivity contribution in [2.75, 3.05) is 6.54 Å². The molecular formula is C14H14BrN5O4. The molecule has 0 aliphatic rings. The average molecular weight is 396 g/mol. The van der Waals surface area contributed by atoms with E-state index in [4.69, 9.17) is 4.42 Å². The summed E-state index contributed by atoms with van der Waals surface area (Å²) < 4.78 is 9.58. The summed E-state index contributed by atoms with van der Waals surface area (Å²) in [5, 5.41) is 2.70. The van der Waals surface area contributed by atoms with Crippen LogP contribution in [0.25, 0.3) is 11.2 Å². The fourth-order valence-corrected chi connectivity index (χ4v) is 2.69. The molecule has 1 amide bonds. The number of carbonyl (C=O) groups is 1. The van der Waals surface area contributed by atoms with Gasteiger partial charge in [-0.05, 0) is 28.1 Å². The lowest BCUT2D eigenvalue weighted by atomic mass is 10.4. The van der Waals surface area contributed by atoms with Crippen molar-refractivity contribution in [2.24, 2.45) is 14.1 Å². The first-order valence-electron chi connectivity index (χ1n) is 7.04. The van der Waals surface area contributed by atoms with Gasteiger partial charge < -0.3 is 14.3 Å². The molecule has 0 saturated heterocycles. The number of rotatable bonds is 4. The summed E-state index contributed by atoms with van der Waals surface area (Å²) in [6.45, 7) is 0.603. The number of hydrogen-bond donors (Lipinski definition) is 1. The Kier molecular flexibility index (Phi) is 4.14. The molecule has 0 saturated carbocycles. The van der Waals surface area contributed by atoms with Crippen LogP contribution in [0.3, 0.4) is 0 Å². The van der Waals surface area contributed by atoms with E-state index < -0.39 is 11.2 Å². The van der Waals surface area contributed by atoms with E-state index in [2.05, 4.69) is 26.2 Å². The Morgan fingerprint density at radius 1 is 1.29 bits per heavy atom. The van der Waals surface area contributed by atoms with Crippen molar-refractivity contribution in [3.05, 3.63) is 49.7 Å². The van der Waals surface area contributed by atoms with Crippen LogP contribution in [0.4, 0.5) is 0 Å². The monoisotopic (exact) mass is 395 g/mol. The van der Waals surface area contributed by atoms with Gasteiger partial charge in [0.15, 0.2) is 21.6 Å². The lowest BCUT2D eigenvalue weighted by molar-refractivity contribution is 0.0923. The molecule has 10 heteroatoms. The number of imidazole rings is 1. The minimum atomic E-state index is -0.436. The molecule has 1 N–H and O–H groups in total. The highest BCUT2D eigenvalue weighted by Gasteiger charge is 2.15. The van der Waals surface area contributed by atoms with E-state index in [9.17, 15) is 14.4 Å². The molecule has 24 heavy (non-hydrogen) atoms. The van der Waals surface area contributed by atoms with E-state index in [1.165, 1.54) is 17.9 Å². The van der Waals surface area contributed by atoms with Crippen molar-refractivity contribution >= 4 is 33.0 Å². The van der Waals surface area contributed by atoms with Crippen molar-refractivity contribution in [3.8, 4) is 0 Å². The SMILES string of the molecule is Cn1c(=O)c2c(ncn2CCNC(=O)c2ccc(Br)o2)n(C)c1=O. The molecule has 0 aromatic carbocycles. The number of nitrogens with zero attached hydrogens (tertiary/aromatic N) is 4. The summed E-state index contributed by atoms with van der Waals surface area (Å²) >= 11 is 3.13. The quantitative estimate of drug-likeness (QED) is 0.680. The molecule has 3 aromatic rings. The lowest BCUT2D eigenvalue weighted by Gasteiger charge is -2.07. The van der Waals surface area contributed by atoms with Crippen molar-refractivity contribution in [2.45, 2.75) is 6.54 Å². The first kappa shape index (κ1) is 16.2. The molecule has 0 bridgehead atoms. The van der Waals surface area contributed by atoms with Crippen LogP contribution >= 0.6 is 15.9 Å². The van der Waals surface area contributed by atoms with Crippen molar-refractivity contribution in [1.82, 2.24) is 24.0 Å². The van der Waals surface area contributed by atoms with E-state index in [1.54, 1.807) is 23.7 Å². The smallest absolute Gasteiger partial charge is 0.332 e. The number of carbonyl (C=O) groups excluding carboxylic acids is 1. The van der Waals surface area contributed by atoms with Gasteiger partial charge in [-0.25, -0.2) is 9.78 Å². The lowest BCUT2D eigenvalue weighted by Crippen LogP contribution is -2.37. The molecule has 0 radical (unpaired) electrons. The molecule has 126 valence electrons. The first-order valence-corrected chi connectivity index (χ1v) is 7.84. The van der Waals surface area contributed by atoms with Crippen LogP contribution in [0.15, 0.2) is 37.1 Å². The van der Waals surface area contributed by atoms with Crippen LogP contribution in [0.2, 0.25) is 0 Å². The number of hydrogen-bond acceptors (Lipinski definition) is 5. The maximum Gasteiger partial charge on any atom is 0.332 e. The van der Waals surface area contributed by atoms with Gasteiger partial charge in [-0.1, -0.05) is 0 Å². The predicted molar refractivity (Wildman–Crippen MR) is 89.0 cm³/mol. The zero-order chi connectivity index (χ0) is 17.4. The van der Waals surface area contributed by atoms with Crippen LogP contribution in [-0.4, -0.2) is 31.1 Å². The van der Waals surface area contributed by atoms with Crippen LogP contribution in [0.5, 0.6) is 0 Å². The minimum absolute atomic E-state index is 0.190. The van der Waals surface area contributed by atoms with Crippen molar-refractivity contribution < 1.29 is 9.21 Å². The molecule has 0 unspecified atom stereocenters. The highest BCUT2D eigenvalue weighted by Crippen LogP contribution is 2.13. The van der Waals surface area contributed by atoms with E-state index in [0.717, 1.165) is 4.57 Å². The Hall–Kier alpha value is -2.62. The van der Waals surface area contributed by atoms with E-state index in [0.29, 0.717) is 22.4 Å². The second-order valence-corrected chi connectivity index (χ2v) is 5.96. The van der Waals surface area contributed by atoms with Gasteiger partial charge >= 0.3 is 5.69 Å². The molecule has 0 spiro atoms. The highest BCUT2D eigenvalue weighted by molar-refractivity contribution is 9.10. The number of amides is 1. The number of furan rings is 1. The average Bonchev–Trinajstić information content (AvgIpc) is 3.17. The van der Waals surface area contributed by atoms with E-state index in [1.807, 2.05) is 0 Å². The van der Waals surface area contributed by atoms with E-state index in [-0.39, 0.29) is 18.2 Å². The van der Waals surface area contributed by atoms with Gasteiger partial charge in [-0.2, -0.15) is 0 Å². The fourth-order valence-electron chi connectivity index (χ4n) is 2.38.